The van der Waals surface area contributed by atoms with Crippen LogP contribution in [0.3, 0.4) is 0 Å². The number of rotatable bonds is 7. The molecule has 0 aliphatic rings. The van der Waals surface area contributed by atoms with E-state index in [2.05, 4.69) is 42.5 Å². The molecule has 0 spiro atoms. The van der Waals surface area contributed by atoms with Crippen LogP contribution in [0.15, 0.2) is 24.3 Å². The third-order valence-corrected chi connectivity index (χ3v) is 3.63. The third-order valence-electron chi connectivity index (χ3n) is 3.63. The smallest absolute Gasteiger partial charge is 0.315 e. The predicted molar refractivity (Wildman–Crippen MR) is 83.8 cm³/mol. The Morgan fingerprint density at radius 1 is 1.35 bits per heavy atom. The van der Waals surface area contributed by atoms with Crippen LogP contribution in [0, 0.1) is 6.92 Å². The number of hydrogen-bond donors (Lipinski definition) is 2. The monoisotopic (exact) mass is 277 g/mol. The average Bonchev–Trinajstić information content (AvgIpc) is 2.44. The van der Waals surface area contributed by atoms with E-state index >= 15 is 0 Å². The quantitative estimate of drug-likeness (QED) is 0.804. The van der Waals surface area contributed by atoms with Gasteiger partial charge in [-0.05, 0) is 32.9 Å². The molecule has 1 rings (SSSR count). The largest absolute Gasteiger partial charge is 0.337 e. The number of nitrogens with zero attached hydrogens (tertiary/aromatic N) is 1. The van der Waals surface area contributed by atoms with Crippen LogP contribution in [-0.2, 0) is 6.54 Å². The second-order valence-electron chi connectivity index (χ2n) is 5.34. The summed E-state index contributed by atoms with van der Waals surface area (Å²) < 4.78 is 0. The lowest BCUT2D eigenvalue weighted by atomic mass is 10.1. The van der Waals surface area contributed by atoms with Crippen LogP contribution in [0.4, 0.5) is 4.79 Å². The van der Waals surface area contributed by atoms with Gasteiger partial charge in [0.25, 0.3) is 0 Å². The van der Waals surface area contributed by atoms with E-state index in [1.165, 1.54) is 5.56 Å². The predicted octanol–water partition coefficient (Wildman–Crippen LogP) is 2.52. The molecule has 4 heteroatoms. The molecule has 2 N–H and O–H groups in total. The van der Waals surface area contributed by atoms with Gasteiger partial charge in [-0.25, -0.2) is 4.79 Å². The van der Waals surface area contributed by atoms with Gasteiger partial charge in [0.1, 0.15) is 0 Å². The van der Waals surface area contributed by atoms with Crippen molar-refractivity contribution in [3.8, 4) is 0 Å². The highest BCUT2D eigenvalue weighted by Gasteiger charge is 2.06. The van der Waals surface area contributed by atoms with E-state index in [0.29, 0.717) is 19.1 Å². The molecule has 0 fully saturated rings. The van der Waals surface area contributed by atoms with Crippen LogP contribution in [0.5, 0.6) is 0 Å². The zero-order valence-corrected chi connectivity index (χ0v) is 13.1. The second kappa shape index (κ2) is 8.59. The number of hydrogen-bond acceptors (Lipinski definition) is 2. The minimum atomic E-state index is -0.107. The van der Waals surface area contributed by atoms with Crippen LogP contribution in [0.25, 0.3) is 0 Å². The standard InChI is InChI=1S/C16H27N3O/c1-5-14(3)19(4)10-9-17-16(20)18-12-15-8-6-7-13(2)11-15/h6-8,11,14H,5,9-10,12H2,1-4H3,(H2,17,18,20). The summed E-state index contributed by atoms with van der Waals surface area (Å²) in [6, 6.07) is 8.59. The van der Waals surface area contributed by atoms with E-state index in [-0.39, 0.29) is 6.03 Å². The molecule has 112 valence electrons. The Morgan fingerprint density at radius 2 is 2.10 bits per heavy atom. The number of carbonyl (C=O) groups is 1. The molecule has 1 aromatic carbocycles. The number of likely N-dealkylation sites (N-methyl/N-ethyl adjacent to an activating group) is 1. The van der Waals surface area contributed by atoms with E-state index in [1.54, 1.807) is 0 Å². The summed E-state index contributed by atoms with van der Waals surface area (Å²) in [5.74, 6) is 0. The topological polar surface area (TPSA) is 44.4 Å². The lowest BCUT2D eigenvalue weighted by Crippen LogP contribution is -2.41. The lowest BCUT2D eigenvalue weighted by molar-refractivity contribution is 0.230. The van der Waals surface area contributed by atoms with Crippen LogP contribution >= 0.6 is 0 Å². The van der Waals surface area contributed by atoms with Gasteiger partial charge in [-0.15, -0.1) is 0 Å². The third kappa shape index (κ3) is 6.06. The van der Waals surface area contributed by atoms with Crippen molar-refractivity contribution in [2.75, 3.05) is 20.1 Å². The molecule has 0 bridgehead atoms. The molecule has 0 saturated heterocycles. The molecule has 0 aromatic heterocycles. The lowest BCUT2D eigenvalue weighted by Gasteiger charge is -2.23. The summed E-state index contributed by atoms with van der Waals surface area (Å²) in [4.78, 5) is 13.9. The number of amides is 2. The van der Waals surface area contributed by atoms with E-state index in [0.717, 1.165) is 18.5 Å². The molecule has 0 aliphatic carbocycles. The Balaban J connectivity index is 2.21. The SMILES string of the molecule is CCC(C)N(C)CCNC(=O)NCc1cccc(C)c1. The first-order chi connectivity index (χ1) is 9.52. The highest BCUT2D eigenvalue weighted by atomic mass is 16.2. The highest BCUT2D eigenvalue weighted by molar-refractivity contribution is 5.73. The number of aryl methyl sites for hydroxylation is 1. The van der Waals surface area contributed by atoms with Crippen molar-refractivity contribution in [2.45, 2.75) is 39.8 Å². The fourth-order valence-electron chi connectivity index (χ4n) is 1.94. The Hall–Kier alpha value is -1.55. The van der Waals surface area contributed by atoms with E-state index < -0.39 is 0 Å². The normalized spacial score (nSPS) is 12.2. The van der Waals surface area contributed by atoms with Gasteiger partial charge in [0.05, 0.1) is 0 Å². The molecule has 1 aromatic rings. The van der Waals surface area contributed by atoms with Crippen molar-refractivity contribution in [1.29, 1.82) is 0 Å². The number of nitrogens with one attached hydrogen (secondary N) is 2. The molecule has 0 heterocycles. The molecule has 1 atom stereocenters. The van der Waals surface area contributed by atoms with Gasteiger partial charge >= 0.3 is 6.03 Å². The van der Waals surface area contributed by atoms with Crippen LogP contribution in [0.2, 0.25) is 0 Å². The zero-order chi connectivity index (χ0) is 15.0. The van der Waals surface area contributed by atoms with Crippen molar-refractivity contribution in [2.24, 2.45) is 0 Å². The van der Waals surface area contributed by atoms with Gasteiger partial charge in [0.15, 0.2) is 0 Å². The summed E-state index contributed by atoms with van der Waals surface area (Å²) in [6.45, 7) is 8.51. The number of carbonyl (C=O) groups excluding carboxylic acids is 1. The van der Waals surface area contributed by atoms with Gasteiger partial charge in [-0.3, -0.25) is 0 Å². The summed E-state index contributed by atoms with van der Waals surface area (Å²) in [6.07, 6.45) is 1.12. The molecule has 0 aliphatic heterocycles. The molecule has 1 unspecified atom stereocenters. The molecule has 20 heavy (non-hydrogen) atoms. The zero-order valence-electron chi connectivity index (χ0n) is 13.1. The second-order valence-corrected chi connectivity index (χ2v) is 5.34. The fraction of sp³-hybridized carbons (Fsp3) is 0.562. The Bertz CT molecular complexity index is 420. The summed E-state index contributed by atoms with van der Waals surface area (Å²) in [5, 5.41) is 5.76. The maximum atomic E-state index is 11.7. The van der Waals surface area contributed by atoms with E-state index in [4.69, 9.17) is 0 Å². The molecular weight excluding hydrogens is 250 g/mol. The van der Waals surface area contributed by atoms with Crippen LogP contribution in [0.1, 0.15) is 31.4 Å². The first kappa shape index (κ1) is 16.5. The minimum absolute atomic E-state index is 0.107. The molecular formula is C16H27N3O. The minimum Gasteiger partial charge on any atom is -0.337 e. The van der Waals surface area contributed by atoms with Gasteiger partial charge in [0.2, 0.25) is 0 Å². The van der Waals surface area contributed by atoms with Crippen molar-refractivity contribution in [3.05, 3.63) is 35.4 Å². The first-order valence-electron chi connectivity index (χ1n) is 7.30. The molecule has 0 saturated carbocycles. The Labute approximate surface area is 122 Å². The fourth-order valence-corrected chi connectivity index (χ4v) is 1.94. The Kier molecular flexibility index (Phi) is 7.09. The first-order valence-corrected chi connectivity index (χ1v) is 7.30. The van der Waals surface area contributed by atoms with Crippen molar-refractivity contribution < 1.29 is 4.79 Å². The van der Waals surface area contributed by atoms with Gasteiger partial charge < -0.3 is 15.5 Å². The number of benzene rings is 1. The van der Waals surface area contributed by atoms with Crippen molar-refractivity contribution in [3.63, 3.8) is 0 Å². The molecule has 0 radical (unpaired) electrons. The van der Waals surface area contributed by atoms with Gasteiger partial charge in [-0.1, -0.05) is 36.8 Å². The summed E-state index contributed by atoms with van der Waals surface area (Å²) in [7, 11) is 2.08. The number of urea groups is 1. The maximum Gasteiger partial charge on any atom is 0.315 e. The van der Waals surface area contributed by atoms with E-state index in [1.807, 2.05) is 25.1 Å². The molecule has 4 nitrogen and oxygen atoms in total. The van der Waals surface area contributed by atoms with Gasteiger partial charge in [0, 0.05) is 25.7 Å². The highest BCUT2D eigenvalue weighted by Crippen LogP contribution is 2.03. The van der Waals surface area contributed by atoms with Crippen molar-refractivity contribution >= 4 is 6.03 Å². The van der Waals surface area contributed by atoms with E-state index in [9.17, 15) is 4.79 Å². The Morgan fingerprint density at radius 3 is 2.75 bits per heavy atom. The van der Waals surface area contributed by atoms with Gasteiger partial charge in [-0.2, -0.15) is 0 Å². The summed E-state index contributed by atoms with van der Waals surface area (Å²) in [5.41, 5.74) is 2.33. The van der Waals surface area contributed by atoms with Crippen LogP contribution in [-0.4, -0.2) is 37.1 Å². The van der Waals surface area contributed by atoms with Crippen molar-refractivity contribution in [1.82, 2.24) is 15.5 Å². The average molecular weight is 277 g/mol. The maximum absolute atomic E-state index is 11.7. The molecule has 2 amide bonds. The van der Waals surface area contributed by atoms with Crippen LogP contribution < -0.4 is 10.6 Å². The summed E-state index contributed by atoms with van der Waals surface area (Å²) >= 11 is 0.